The molecule has 0 spiro atoms. The molecule has 0 fully saturated rings. The minimum atomic E-state index is -1.82. The maximum absolute atomic E-state index is 11.5. The molecule has 2 aromatic rings. The lowest BCUT2D eigenvalue weighted by Crippen LogP contribution is -2.16. The van der Waals surface area contributed by atoms with E-state index in [0.717, 1.165) is 31.0 Å². The van der Waals surface area contributed by atoms with E-state index in [1.54, 1.807) is 37.5 Å². The van der Waals surface area contributed by atoms with Crippen LogP contribution in [-0.2, 0) is 20.9 Å². The summed E-state index contributed by atoms with van der Waals surface area (Å²) in [4.78, 5) is 29.7. The van der Waals surface area contributed by atoms with Gasteiger partial charge in [-0.1, -0.05) is 0 Å². The van der Waals surface area contributed by atoms with Crippen molar-refractivity contribution in [2.45, 2.75) is 19.9 Å². The molecule has 152 valence electrons. The van der Waals surface area contributed by atoms with Gasteiger partial charge in [-0.05, 0) is 56.3 Å². The van der Waals surface area contributed by atoms with Crippen molar-refractivity contribution in [1.82, 2.24) is 5.32 Å². The number of nitrogens with one attached hydrogen (secondary N) is 1. The molecule has 9 heteroatoms. The van der Waals surface area contributed by atoms with Gasteiger partial charge in [-0.3, -0.25) is 0 Å². The lowest BCUT2D eigenvalue weighted by atomic mass is 10.2. The van der Waals surface area contributed by atoms with Crippen LogP contribution in [0.25, 0.3) is 0 Å². The first-order valence-corrected chi connectivity index (χ1v) is 8.53. The number of carbonyl (C=O) groups excluding carboxylic acids is 1. The predicted molar refractivity (Wildman–Crippen MR) is 98.2 cm³/mol. The molecule has 0 saturated heterocycles. The molecule has 1 aromatic carbocycles. The molecular formula is C19H23NO8. The molecule has 0 aliphatic rings. The minimum absolute atomic E-state index is 0.309. The summed E-state index contributed by atoms with van der Waals surface area (Å²) in [5.41, 5.74) is 0.536. The van der Waals surface area contributed by atoms with Crippen molar-refractivity contribution in [3.05, 3.63) is 54.0 Å². The van der Waals surface area contributed by atoms with Crippen LogP contribution < -0.4 is 10.1 Å². The number of hydrogen-bond donors (Lipinski definition) is 3. The quantitative estimate of drug-likeness (QED) is 0.333. The fourth-order valence-corrected chi connectivity index (χ4v) is 1.91. The van der Waals surface area contributed by atoms with Crippen LogP contribution in [0, 0.1) is 0 Å². The van der Waals surface area contributed by atoms with E-state index >= 15 is 0 Å². The summed E-state index contributed by atoms with van der Waals surface area (Å²) in [7, 11) is 0. The first-order valence-electron chi connectivity index (χ1n) is 8.53. The van der Waals surface area contributed by atoms with Crippen LogP contribution in [0.4, 0.5) is 0 Å². The molecule has 0 radical (unpaired) electrons. The number of benzene rings is 1. The molecular weight excluding hydrogens is 370 g/mol. The van der Waals surface area contributed by atoms with Crippen molar-refractivity contribution < 1.29 is 38.5 Å². The summed E-state index contributed by atoms with van der Waals surface area (Å²) in [5.74, 6) is -2.28. The summed E-state index contributed by atoms with van der Waals surface area (Å²) >= 11 is 0. The van der Waals surface area contributed by atoms with E-state index in [0.29, 0.717) is 18.8 Å². The topological polar surface area (TPSA) is 135 Å². The molecule has 0 atom stereocenters. The van der Waals surface area contributed by atoms with Gasteiger partial charge in [0.2, 0.25) is 0 Å². The number of ether oxygens (including phenoxy) is 2. The second kappa shape index (κ2) is 12.9. The van der Waals surface area contributed by atoms with E-state index in [9.17, 15) is 4.79 Å². The maximum Gasteiger partial charge on any atom is 0.414 e. The summed E-state index contributed by atoms with van der Waals surface area (Å²) in [5, 5.41) is 18.1. The zero-order valence-electron chi connectivity index (χ0n) is 15.4. The second-order valence-corrected chi connectivity index (χ2v) is 5.31. The highest BCUT2D eigenvalue weighted by Crippen LogP contribution is 2.13. The fourth-order valence-electron chi connectivity index (χ4n) is 1.91. The smallest absolute Gasteiger partial charge is 0.414 e. The Morgan fingerprint density at radius 3 is 2.29 bits per heavy atom. The first kappa shape index (κ1) is 22.7. The van der Waals surface area contributed by atoms with Gasteiger partial charge in [-0.2, -0.15) is 0 Å². The minimum Gasteiger partial charge on any atom is -0.494 e. The Labute approximate surface area is 161 Å². The van der Waals surface area contributed by atoms with E-state index in [4.69, 9.17) is 33.7 Å². The van der Waals surface area contributed by atoms with Gasteiger partial charge in [-0.15, -0.1) is 0 Å². The number of carboxylic acid groups (broad SMARTS) is 2. The third-order valence-corrected chi connectivity index (χ3v) is 3.19. The molecule has 2 rings (SSSR count). The SMILES string of the molecule is CCOC(=O)c1ccc(OCCCNCc2ccco2)cc1.O=C(O)C(=O)O. The van der Waals surface area contributed by atoms with Crippen molar-refractivity contribution >= 4 is 17.9 Å². The van der Waals surface area contributed by atoms with E-state index < -0.39 is 11.9 Å². The van der Waals surface area contributed by atoms with Gasteiger partial charge in [0, 0.05) is 0 Å². The van der Waals surface area contributed by atoms with Crippen molar-refractivity contribution in [1.29, 1.82) is 0 Å². The molecule has 0 unspecified atom stereocenters. The van der Waals surface area contributed by atoms with Crippen molar-refractivity contribution in [3.63, 3.8) is 0 Å². The van der Waals surface area contributed by atoms with E-state index in [1.807, 2.05) is 12.1 Å². The number of furan rings is 1. The average molecular weight is 393 g/mol. The third-order valence-electron chi connectivity index (χ3n) is 3.19. The number of carbonyl (C=O) groups is 3. The molecule has 28 heavy (non-hydrogen) atoms. The van der Waals surface area contributed by atoms with Gasteiger partial charge in [0.1, 0.15) is 11.5 Å². The zero-order valence-corrected chi connectivity index (χ0v) is 15.4. The van der Waals surface area contributed by atoms with Crippen LogP contribution in [0.1, 0.15) is 29.5 Å². The summed E-state index contributed by atoms with van der Waals surface area (Å²) < 4.78 is 15.8. The molecule has 9 nitrogen and oxygen atoms in total. The van der Waals surface area contributed by atoms with Gasteiger partial charge < -0.3 is 29.4 Å². The number of hydrogen-bond acceptors (Lipinski definition) is 7. The van der Waals surface area contributed by atoms with Crippen LogP contribution in [0.5, 0.6) is 5.75 Å². The normalized spacial score (nSPS) is 9.75. The van der Waals surface area contributed by atoms with E-state index in [2.05, 4.69) is 5.32 Å². The lowest BCUT2D eigenvalue weighted by Gasteiger charge is -2.07. The van der Waals surface area contributed by atoms with Gasteiger partial charge in [0.25, 0.3) is 0 Å². The largest absolute Gasteiger partial charge is 0.494 e. The van der Waals surface area contributed by atoms with Crippen LogP contribution in [0.15, 0.2) is 47.1 Å². The Morgan fingerprint density at radius 2 is 1.75 bits per heavy atom. The molecule has 0 aliphatic heterocycles. The third kappa shape index (κ3) is 9.39. The number of carboxylic acids is 2. The zero-order chi connectivity index (χ0) is 20.8. The lowest BCUT2D eigenvalue weighted by molar-refractivity contribution is -0.159. The van der Waals surface area contributed by atoms with Crippen LogP contribution >= 0.6 is 0 Å². The number of rotatable bonds is 9. The molecule has 1 heterocycles. The van der Waals surface area contributed by atoms with E-state index in [1.165, 1.54) is 0 Å². The molecule has 0 bridgehead atoms. The molecule has 3 N–H and O–H groups in total. The van der Waals surface area contributed by atoms with E-state index in [-0.39, 0.29) is 5.97 Å². The standard InChI is InChI=1S/C17H21NO4.C2H2O4/c1-2-20-17(19)14-6-8-15(9-7-14)21-12-4-10-18-13-16-5-3-11-22-16;3-1(4)2(5)6/h3,5-9,11,18H,2,4,10,12-13H2,1H3;(H,3,4)(H,5,6). The van der Waals surface area contributed by atoms with Crippen LogP contribution in [0.3, 0.4) is 0 Å². The Balaban J connectivity index is 0.000000568. The monoisotopic (exact) mass is 393 g/mol. The van der Waals surface area contributed by atoms with Gasteiger partial charge in [0.15, 0.2) is 0 Å². The molecule has 0 amide bonds. The highest BCUT2D eigenvalue weighted by molar-refractivity contribution is 6.27. The summed E-state index contributed by atoms with van der Waals surface area (Å²) in [6.07, 6.45) is 2.56. The number of esters is 1. The average Bonchev–Trinajstić information content (AvgIpc) is 3.19. The Kier molecular flexibility index (Phi) is 10.5. The molecule has 0 aliphatic carbocycles. The Morgan fingerprint density at radius 1 is 1.07 bits per heavy atom. The molecule has 1 aromatic heterocycles. The number of aliphatic carboxylic acids is 2. The predicted octanol–water partition coefficient (Wildman–Crippen LogP) is 2.17. The Bertz CT molecular complexity index is 713. The van der Waals surface area contributed by atoms with Crippen LogP contribution in [0.2, 0.25) is 0 Å². The van der Waals surface area contributed by atoms with Gasteiger partial charge >= 0.3 is 17.9 Å². The van der Waals surface area contributed by atoms with Crippen molar-refractivity contribution in [3.8, 4) is 5.75 Å². The Hall–Kier alpha value is -3.33. The van der Waals surface area contributed by atoms with Gasteiger partial charge in [-0.25, -0.2) is 14.4 Å². The first-order chi connectivity index (χ1) is 13.4. The van der Waals surface area contributed by atoms with Crippen molar-refractivity contribution in [2.75, 3.05) is 19.8 Å². The highest BCUT2D eigenvalue weighted by Gasteiger charge is 2.06. The highest BCUT2D eigenvalue weighted by atomic mass is 16.5. The van der Waals surface area contributed by atoms with Gasteiger partial charge in [0.05, 0.1) is 31.6 Å². The fraction of sp³-hybridized carbons (Fsp3) is 0.316. The summed E-state index contributed by atoms with van der Waals surface area (Å²) in [6.45, 7) is 4.35. The second-order valence-electron chi connectivity index (χ2n) is 5.31. The van der Waals surface area contributed by atoms with Crippen molar-refractivity contribution in [2.24, 2.45) is 0 Å². The molecule has 0 saturated carbocycles. The van der Waals surface area contributed by atoms with Crippen LogP contribution in [-0.4, -0.2) is 47.9 Å². The maximum atomic E-state index is 11.5. The summed E-state index contributed by atoms with van der Waals surface area (Å²) in [6, 6.07) is 10.8.